The molecule has 0 saturated carbocycles. The van der Waals surface area contributed by atoms with Crippen LogP contribution in [0.5, 0.6) is 0 Å². The van der Waals surface area contributed by atoms with Crippen LogP contribution in [0, 0.1) is 61.4 Å². The van der Waals surface area contributed by atoms with Crippen LogP contribution in [-0.4, -0.2) is 51.4 Å². The summed E-state index contributed by atoms with van der Waals surface area (Å²) in [5, 5.41) is 51.5. The quantitative estimate of drug-likeness (QED) is 0.529. The Bertz CT molecular complexity index is 392. The van der Waals surface area contributed by atoms with E-state index in [0.717, 1.165) is 29.8 Å². The second kappa shape index (κ2) is 3.69. The van der Waals surface area contributed by atoms with Crippen molar-refractivity contribution in [1.29, 1.82) is 31.6 Å². The Hall–Kier alpha value is -0.904. The fourth-order valence-corrected chi connectivity index (χ4v) is 1.09. The molecule has 0 saturated heterocycles. The van der Waals surface area contributed by atoms with Crippen LogP contribution in [0.15, 0.2) is 0 Å². The van der Waals surface area contributed by atoms with Gasteiger partial charge in [0.2, 0.25) is 0 Å². The van der Waals surface area contributed by atoms with Gasteiger partial charge in [-0.2, -0.15) is 0 Å². The van der Waals surface area contributed by atoms with Crippen molar-refractivity contribution in [2.24, 2.45) is 0 Å². The summed E-state index contributed by atoms with van der Waals surface area (Å²) in [6.07, 6.45) is 0. The van der Waals surface area contributed by atoms with Gasteiger partial charge in [0.1, 0.15) is 0 Å². The molecule has 8 heteroatoms. The molecule has 0 bridgehead atoms. The molecule has 0 unspecified atom stereocenters. The van der Waals surface area contributed by atoms with Crippen molar-refractivity contribution >= 4 is 51.4 Å². The van der Waals surface area contributed by atoms with Crippen LogP contribution >= 0.6 is 0 Å². The molecule has 0 atom stereocenters. The first-order valence-electron chi connectivity index (χ1n) is 2.40. The zero-order valence-corrected chi connectivity index (χ0v) is 7.14. The standard InChI is InChI=1S/6CN.Fe.K.H/c6*1-2;;;. The van der Waals surface area contributed by atoms with Crippen molar-refractivity contribution in [2.45, 2.75) is 0 Å². The normalized spacial score (nSPS) is 12.4. The van der Waals surface area contributed by atoms with E-state index in [9.17, 15) is 0 Å². The minimum atomic E-state index is -6.17. The fraction of sp³-hybridized carbons (Fsp3) is 0. The summed E-state index contributed by atoms with van der Waals surface area (Å²) in [5.74, 6) is 0. The molecule has 0 aliphatic carbocycles. The molecule has 0 spiro atoms. The molecule has 0 aromatic heterocycles. The van der Waals surface area contributed by atoms with Crippen LogP contribution in [0.3, 0.4) is 0 Å². The first-order chi connectivity index (χ1) is 5.97. The van der Waals surface area contributed by atoms with Gasteiger partial charge in [0.25, 0.3) is 0 Å². The summed E-state index contributed by atoms with van der Waals surface area (Å²) in [6, 6.07) is 0. The van der Waals surface area contributed by atoms with Crippen molar-refractivity contribution in [1.82, 2.24) is 0 Å². The van der Waals surface area contributed by atoms with E-state index in [1.165, 1.54) is 0 Å². The molecule has 0 aromatic rings. The number of hydrogen-bond acceptors (Lipinski definition) is 6. The van der Waals surface area contributed by atoms with Gasteiger partial charge in [0.05, 0.1) is 0 Å². The summed E-state index contributed by atoms with van der Waals surface area (Å²) in [4.78, 5) is 6.19. The van der Waals surface area contributed by atoms with E-state index in [1.54, 1.807) is 0 Å². The predicted molar refractivity (Wildman–Crippen MR) is 40.8 cm³/mol. The molecular formula is C6HFeKN6. The second-order valence-electron chi connectivity index (χ2n) is 1.80. The first-order valence-corrected chi connectivity index (χ1v) is 5.71. The van der Waals surface area contributed by atoms with Gasteiger partial charge >= 0.3 is 123 Å². The molecule has 6 nitrogen and oxygen atoms in total. The summed E-state index contributed by atoms with van der Waals surface area (Å²) in [5.41, 5.74) is 0. The molecule has 0 rings (SSSR count). The first kappa shape index (κ1) is 15.6. The molecule has 0 aliphatic rings. The van der Waals surface area contributed by atoms with Gasteiger partial charge in [-0.05, 0) is 0 Å². The SMILES string of the molecule is N#[C][Fe]([C]#N)([C]#N)([C]#N)([C]#N)[C]#N.[KH]. The van der Waals surface area contributed by atoms with Crippen LogP contribution in [0.1, 0.15) is 0 Å². The maximum atomic E-state index is 8.58. The zero-order chi connectivity index (χ0) is 10.7. The Labute approximate surface area is 122 Å². The summed E-state index contributed by atoms with van der Waals surface area (Å²) >= 11 is 0. The average molecular weight is 252 g/mol. The molecule has 0 N–H and O–H groups in total. The summed E-state index contributed by atoms with van der Waals surface area (Å²) < 4.78 is 0. The molecule has 0 amide bonds. The molecule has 14 heavy (non-hydrogen) atoms. The predicted octanol–water partition coefficient (Wildman–Crippen LogP) is -0.550. The van der Waals surface area contributed by atoms with Gasteiger partial charge in [-0.15, -0.1) is 0 Å². The third-order valence-corrected chi connectivity index (χ3v) is 4.89. The van der Waals surface area contributed by atoms with E-state index >= 15 is 0 Å². The summed E-state index contributed by atoms with van der Waals surface area (Å²) in [7, 11) is -6.17. The minimum absolute atomic E-state index is 0. The van der Waals surface area contributed by atoms with Crippen molar-refractivity contribution in [2.75, 3.05) is 0 Å². The molecule has 0 aliphatic heterocycles. The molecule has 0 heterocycles. The molecule has 0 fully saturated rings. The van der Waals surface area contributed by atoms with Gasteiger partial charge < -0.3 is 0 Å². The van der Waals surface area contributed by atoms with Crippen LogP contribution in [0.2, 0.25) is 0 Å². The van der Waals surface area contributed by atoms with E-state index < -0.39 is 10.7 Å². The van der Waals surface area contributed by atoms with Crippen molar-refractivity contribution in [3.05, 3.63) is 0 Å². The third kappa shape index (κ3) is 1.34. The van der Waals surface area contributed by atoms with Crippen molar-refractivity contribution < 1.29 is 10.7 Å². The van der Waals surface area contributed by atoms with Crippen LogP contribution < -0.4 is 0 Å². The van der Waals surface area contributed by atoms with Gasteiger partial charge in [0.15, 0.2) is 0 Å². The number of hydrogen-bond donors (Lipinski definition) is 0. The maximum absolute atomic E-state index is 8.58. The zero-order valence-electron chi connectivity index (χ0n) is 6.04. The Morgan fingerprint density at radius 1 is 0.500 bits per heavy atom. The van der Waals surface area contributed by atoms with Crippen molar-refractivity contribution in [3.63, 3.8) is 0 Å². The number of nitrogens with zero attached hydrogens (tertiary/aromatic N) is 6. The van der Waals surface area contributed by atoms with Crippen LogP contribution in [0.4, 0.5) is 0 Å². The van der Waals surface area contributed by atoms with E-state index in [0.29, 0.717) is 0 Å². The van der Waals surface area contributed by atoms with E-state index in [4.69, 9.17) is 31.6 Å². The van der Waals surface area contributed by atoms with E-state index in [2.05, 4.69) is 0 Å². The fourth-order valence-electron chi connectivity index (χ4n) is 0.265. The van der Waals surface area contributed by atoms with Crippen LogP contribution in [0.25, 0.3) is 0 Å². The van der Waals surface area contributed by atoms with Gasteiger partial charge in [-0.3, -0.25) is 0 Å². The Morgan fingerprint density at radius 2 is 0.643 bits per heavy atom. The topological polar surface area (TPSA) is 143 Å². The number of rotatable bonds is 0. The third-order valence-electron chi connectivity index (χ3n) is 1.19. The Balaban J connectivity index is 0. The van der Waals surface area contributed by atoms with Gasteiger partial charge in [0, 0.05) is 0 Å². The van der Waals surface area contributed by atoms with E-state index in [-0.39, 0.29) is 51.4 Å². The molecule has 64 valence electrons. The van der Waals surface area contributed by atoms with E-state index in [1.807, 2.05) is 0 Å². The average Bonchev–Trinajstić information content (AvgIpc) is 2.26. The van der Waals surface area contributed by atoms with Crippen molar-refractivity contribution in [3.8, 4) is 29.8 Å². The molecule has 0 radical (unpaired) electrons. The molecular weight excluding hydrogens is 251 g/mol. The van der Waals surface area contributed by atoms with Gasteiger partial charge in [-0.1, -0.05) is 0 Å². The second-order valence-corrected chi connectivity index (χ2v) is 7.42. The summed E-state index contributed by atoms with van der Waals surface area (Å²) in [6.45, 7) is 0. The Morgan fingerprint density at radius 3 is 0.643 bits per heavy atom. The molecule has 0 aromatic carbocycles. The monoisotopic (exact) mass is 252 g/mol. The van der Waals surface area contributed by atoms with Crippen LogP contribution in [-0.2, 0) is 10.7 Å². The van der Waals surface area contributed by atoms with Gasteiger partial charge in [-0.25, -0.2) is 0 Å². The Kier molecular flexibility index (Phi) is 4.10. The number of nitriles is 6.